The van der Waals surface area contributed by atoms with Gasteiger partial charge in [0.1, 0.15) is 5.52 Å². The fourth-order valence-electron chi connectivity index (χ4n) is 1.64. The number of benzene rings is 1. The first kappa shape index (κ1) is 7.32. The lowest BCUT2D eigenvalue weighted by atomic mass is 10.2. The van der Waals surface area contributed by atoms with Crippen LogP contribution in [0.2, 0.25) is 0 Å². The number of hydrogen-bond donors (Lipinski definition) is 1. The minimum Gasteiger partial charge on any atom is -0.326 e. The molecule has 0 radical (unpaired) electrons. The maximum absolute atomic E-state index is 11.5. The van der Waals surface area contributed by atoms with E-state index in [2.05, 4.69) is 10.1 Å². The van der Waals surface area contributed by atoms with Crippen LogP contribution >= 0.6 is 0 Å². The summed E-state index contributed by atoms with van der Waals surface area (Å²) >= 11 is 0. The molecule has 1 N–H and O–H groups in total. The van der Waals surface area contributed by atoms with Gasteiger partial charge in [-0.2, -0.15) is 5.10 Å². The quantitative estimate of drug-likeness (QED) is 0.571. The first-order valence-corrected chi connectivity index (χ1v) is 4.31. The van der Waals surface area contributed by atoms with Crippen molar-refractivity contribution in [3.8, 4) is 0 Å². The van der Waals surface area contributed by atoms with Gasteiger partial charge in [-0.15, -0.1) is 0 Å². The second-order valence-corrected chi connectivity index (χ2v) is 3.10. The van der Waals surface area contributed by atoms with Gasteiger partial charge in [0.2, 0.25) is 0 Å². The monoisotopic (exact) mass is 185 g/mol. The molecule has 0 atom stereocenters. The van der Waals surface area contributed by atoms with Crippen molar-refractivity contribution < 1.29 is 0 Å². The molecule has 0 saturated carbocycles. The molecule has 4 nitrogen and oxygen atoms in total. The molecule has 0 aliphatic rings. The lowest BCUT2D eigenvalue weighted by Crippen LogP contribution is -2.07. The Bertz CT molecular complexity index is 665. The second kappa shape index (κ2) is 2.45. The molecule has 3 rings (SSSR count). The van der Waals surface area contributed by atoms with Crippen LogP contribution in [-0.2, 0) is 0 Å². The highest BCUT2D eigenvalue weighted by molar-refractivity contribution is 5.93. The molecule has 2 aromatic heterocycles. The number of nitrogens with zero attached hydrogens (tertiary/aromatic N) is 2. The molecule has 3 aromatic rings. The summed E-state index contributed by atoms with van der Waals surface area (Å²) in [5.41, 5.74) is 1.33. The Kier molecular flexibility index (Phi) is 1.28. The summed E-state index contributed by atoms with van der Waals surface area (Å²) in [5.74, 6) is 0. The summed E-state index contributed by atoms with van der Waals surface area (Å²) in [6.45, 7) is 0. The molecule has 0 aliphatic heterocycles. The predicted molar refractivity (Wildman–Crippen MR) is 53.3 cm³/mol. The molecule has 0 spiro atoms. The van der Waals surface area contributed by atoms with Gasteiger partial charge >= 0.3 is 0 Å². The standard InChI is InChI=1S/C10H7N3O/c14-10-9-7-3-1-2-4-8(7)12-13(9)6-5-11-10/h1-6H,(H,11,14). The molecule has 0 saturated heterocycles. The van der Waals surface area contributed by atoms with E-state index in [1.165, 1.54) is 0 Å². The Labute approximate surface area is 78.8 Å². The van der Waals surface area contributed by atoms with E-state index in [0.717, 1.165) is 10.9 Å². The van der Waals surface area contributed by atoms with E-state index in [1.807, 2.05) is 24.3 Å². The first-order chi connectivity index (χ1) is 6.86. The normalized spacial score (nSPS) is 11.1. The lowest BCUT2D eigenvalue weighted by Gasteiger charge is -1.88. The van der Waals surface area contributed by atoms with Gasteiger partial charge in [-0.1, -0.05) is 18.2 Å². The predicted octanol–water partition coefficient (Wildman–Crippen LogP) is 1.18. The molecule has 0 aliphatic carbocycles. The maximum atomic E-state index is 11.5. The van der Waals surface area contributed by atoms with Crippen molar-refractivity contribution in [2.75, 3.05) is 0 Å². The zero-order chi connectivity index (χ0) is 9.54. The van der Waals surface area contributed by atoms with Gasteiger partial charge < -0.3 is 4.98 Å². The van der Waals surface area contributed by atoms with Crippen LogP contribution in [0.5, 0.6) is 0 Å². The number of rotatable bonds is 0. The third kappa shape index (κ3) is 0.821. The largest absolute Gasteiger partial charge is 0.326 e. The summed E-state index contributed by atoms with van der Waals surface area (Å²) in [6.07, 6.45) is 3.32. The molecule has 0 amide bonds. The zero-order valence-corrected chi connectivity index (χ0v) is 7.27. The third-order valence-corrected chi connectivity index (χ3v) is 2.25. The van der Waals surface area contributed by atoms with Gasteiger partial charge in [0.05, 0.1) is 5.52 Å². The smallest absolute Gasteiger partial charge is 0.274 e. The number of aromatic nitrogens is 3. The topological polar surface area (TPSA) is 50.2 Å². The molecule has 0 fully saturated rings. The Morgan fingerprint density at radius 2 is 2.14 bits per heavy atom. The summed E-state index contributed by atoms with van der Waals surface area (Å²) < 4.78 is 1.60. The summed E-state index contributed by atoms with van der Waals surface area (Å²) in [5, 5.41) is 5.16. The molecule has 1 aromatic carbocycles. The van der Waals surface area contributed by atoms with Crippen molar-refractivity contribution >= 4 is 16.4 Å². The molecular weight excluding hydrogens is 178 g/mol. The van der Waals surface area contributed by atoms with Crippen molar-refractivity contribution in [3.05, 3.63) is 47.0 Å². The van der Waals surface area contributed by atoms with E-state index in [9.17, 15) is 4.79 Å². The highest BCUT2D eigenvalue weighted by atomic mass is 16.1. The van der Waals surface area contributed by atoms with Gasteiger partial charge in [0.15, 0.2) is 0 Å². The molecule has 14 heavy (non-hydrogen) atoms. The number of hydrogen-bond acceptors (Lipinski definition) is 2. The number of aromatic amines is 1. The fourth-order valence-corrected chi connectivity index (χ4v) is 1.64. The van der Waals surface area contributed by atoms with Gasteiger partial charge in [0, 0.05) is 17.8 Å². The number of fused-ring (bicyclic) bond motifs is 3. The molecule has 2 heterocycles. The average Bonchev–Trinajstić information content (AvgIpc) is 2.57. The van der Waals surface area contributed by atoms with Crippen molar-refractivity contribution in [1.29, 1.82) is 0 Å². The minimum absolute atomic E-state index is 0.110. The van der Waals surface area contributed by atoms with Crippen LogP contribution in [0.25, 0.3) is 16.4 Å². The van der Waals surface area contributed by atoms with Crippen molar-refractivity contribution in [2.45, 2.75) is 0 Å². The Morgan fingerprint density at radius 1 is 1.29 bits per heavy atom. The summed E-state index contributed by atoms with van der Waals surface area (Å²) in [6, 6.07) is 7.59. The van der Waals surface area contributed by atoms with Crippen molar-refractivity contribution in [2.24, 2.45) is 0 Å². The third-order valence-electron chi connectivity index (χ3n) is 2.25. The summed E-state index contributed by atoms with van der Waals surface area (Å²) in [4.78, 5) is 14.2. The summed E-state index contributed by atoms with van der Waals surface area (Å²) in [7, 11) is 0. The fraction of sp³-hybridized carbons (Fsp3) is 0. The maximum Gasteiger partial charge on any atom is 0.274 e. The zero-order valence-electron chi connectivity index (χ0n) is 7.27. The van der Waals surface area contributed by atoms with E-state index in [1.54, 1.807) is 16.9 Å². The van der Waals surface area contributed by atoms with Crippen molar-refractivity contribution in [3.63, 3.8) is 0 Å². The van der Waals surface area contributed by atoms with E-state index in [-0.39, 0.29) is 5.56 Å². The Morgan fingerprint density at radius 3 is 3.07 bits per heavy atom. The van der Waals surface area contributed by atoms with Gasteiger partial charge in [-0.25, -0.2) is 4.52 Å². The molecular formula is C10H7N3O. The number of nitrogens with one attached hydrogen (secondary N) is 1. The molecule has 4 heteroatoms. The van der Waals surface area contributed by atoms with E-state index in [0.29, 0.717) is 5.52 Å². The SMILES string of the molecule is O=c1[nH]ccn2nc3ccccc3c12. The van der Waals surface area contributed by atoms with E-state index >= 15 is 0 Å². The van der Waals surface area contributed by atoms with E-state index in [4.69, 9.17) is 0 Å². The number of H-pyrrole nitrogens is 1. The highest BCUT2D eigenvalue weighted by Gasteiger charge is 2.05. The molecule has 68 valence electrons. The molecule has 0 bridgehead atoms. The van der Waals surface area contributed by atoms with Crippen LogP contribution < -0.4 is 5.56 Å². The van der Waals surface area contributed by atoms with Crippen LogP contribution in [0, 0.1) is 0 Å². The van der Waals surface area contributed by atoms with Gasteiger partial charge in [-0.05, 0) is 6.07 Å². The Hall–Kier alpha value is -2.10. The first-order valence-electron chi connectivity index (χ1n) is 4.31. The Balaban J connectivity index is 2.73. The van der Waals surface area contributed by atoms with Gasteiger partial charge in [0.25, 0.3) is 5.56 Å². The van der Waals surface area contributed by atoms with Crippen molar-refractivity contribution in [1.82, 2.24) is 14.6 Å². The van der Waals surface area contributed by atoms with Crippen LogP contribution in [0.3, 0.4) is 0 Å². The van der Waals surface area contributed by atoms with Gasteiger partial charge in [-0.3, -0.25) is 4.79 Å². The average molecular weight is 185 g/mol. The highest BCUT2D eigenvalue weighted by Crippen LogP contribution is 2.14. The van der Waals surface area contributed by atoms with Crippen LogP contribution in [0.4, 0.5) is 0 Å². The van der Waals surface area contributed by atoms with Crippen LogP contribution in [-0.4, -0.2) is 14.6 Å². The lowest BCUT2D eigenvalue weighted by molar-refractivity contribution is 0.952. The molecule has 0 unspecified atom stereocenters. The van der Waals surface area contributed by atoms with Crippen LogP contribution in [0.1, 0.15) is 0 Å². The van der Waals surface area contributed by atoms with E-state index < -0.39 is 0 Å². The minimum atomic E-state index is -0.110. The van der Waals surface area contributed by atoms with Crippen LogP contribution in [0.15, 0.2) is 41.5 Å². The second-order valence-electron chi connectivity index (χ2n) is 3.10.